The summed E-state index contributed by atoms with van der Waals surface area (Å²) in [6, 6.07) is 16.7. The minimum absolute atomic E-state index is 0.0492. The van der Waals surface area contributed by atoms with Crippen LogP contribution in [-0.2, 0) is 0 Å². The van der Waals surface area contributed by atoms with Gasteiger partial charge in [0, 0.05) is 62.6 Å². The number of aromatic amines is 1. The number of hydrogen-bond donors (Lipinski definition) is 1. The molecule has 0 amide bonds. The van der Waals surface area contributed by atoms with Crippen molar-refractivity contribution in [2.24, 2.45) is 0 Å². The van der Waals surface area contributed by atoms with E-state index in [2.05, 4.69) is 30.9 Å². The van der Waals surface area contributed by atoms with Crippen LogP contribution in [0.5, 0.6) is 0 Å². The molecule has 0 radical (unpaired) electrons. The Labute approximate surface area is 173 Å². The second-order valence-corrected chi connectivity index (χ2v) is 7.54. The van der Waals surface area contributed by atoms with E-state index in [1.54, 1.807) is 24.5 Å². The number of nitrogens with zero attached hydrogens (tertiary/aromatic N) is 3. The van der Waals surface area contributed by atoms with E-state index in [0.29, 0.717) is 5.65 Å². The van der Waals surface area contributed by atoms with Crippen molar-refractivity contribution in [2.45, 2.75) is 0 Å². The standard InChI is InChI=1S/C22H13BrN4O2/c23-15-3-1-13(2-4-15)18-12-25-22-21(20(18)14-7-9-24-10-8-14)17-11-16(27(28)29)5-6-19(17)26-22/h1-12H,(H,25,26). The van der Waals surface area contributed by atoms with Crippen molar-refractivity contribution in [3.63, 3.8) is 0 Å². The number of nitro groups is 1. The van der Waals surface area contributed by atoms with E-state index in [9.17, 15) is 10.1 Å². The van der Waals surface area contributed by atoms with E-state index in [1.165, 1.54) is 6.07 Å². The topological polar surface area (TPSA) is 84.7 Å². The Balaban J connectivity index is 1.93. The smallest absolute Gasteiger partial charge is 0.270 e. The number of non-ortho nitro benzene ring substituents is 1. The fourth-order valence-electron chi connectivity index (χ4n) is 3.62. The van der Waals surface area contributed by atoms with E-state index < -0.39 is 0 Å². The number of aromatic nitrogens is 3. The molecule has 0 spiro atoms. The SMILES string of the molecule is O=[N+]([O-])c1ccc2[nH]c3ncc(-c4ccc(Br)cc4)c(-c4ccncc4)c3c2c1. The molecule has 2 aromatic carbocycles. The number of nitro benzene ring substituents is 1. The number of H-pyrrole nitrogens is 1. The van der Waals surface area contributed by atoms with E-state index >= 15 is 0 Å². The van der Waals surface area contributed by atoms with Crippen LogP contribution < -0.4 is 0 Å². The summed E-state index contributed by atoms with van der Waals surface area (Å²) in [6.07, 6.45) is 5.32. The molecule has 0 unspecified atom stereocenters. The quantitative estimate of drug-likeness (QED) is 0.268. The van der Waals surface area contributed by atoms with Crippen LogP contribution >= 0.6 is 15.9 Å². The van der Waals surface area contributed by atoms with Crippen LogP contribution in [0.25, 0.3) is 44.2 Å². The predicted octanol–water partition coefficient (Wildman–Crippen LogP) is 6.12. The molecule has 3 heterocycles. The minimum Gasteiger partial charge on any atom is -0.339 e. The van der Waals surface area contributed by atoms with E-state index in [-0.39, 0.29) is 10.6 Å². The van der Waals surface area contributed by atoms with Crippen molar-refractivity contribution in [3.05, 3.63) is 87.8 Å². The number of rotatable bonds is 3. The Hall–Kier alpha value is -3.58. The van der Waals surface area contributed by atoms with Crippen molar-refractivity contribution in [1.29, 1.82) is 0 Å². The van der Waals surface area contributed by atoms with Gasteiger partial charge in [0.1, 0.15) is 5.65 Å². The molecule has 0 saturated heterocycles. The van der Waals surface area contributed by atoms with Gasteiger partial charge >= 0.3 is 0 Å². The normalized spacial score (nSPS) is 11.2. The maximum Gasteiger partial charge on any atom is 0.270 e. The summed E-state index contributed by atoms with van der Waals surface area (Å²) in [5, 5.41) is 13.0. The number of nitrogens with one attached hydrogen (secondary N) is 1. The molecule has 0 aliphatic carbocycles. The van der Waals surface area contributed by atoms with Crippen molar-refractivity contribution in [1.82, 2.24) is 15.0 Å². The lowest BCUT2D eigenvalue weighted by atomic mass is 9.93. The summed E-state index contributed by atoms with van der Waals surface area (Å²) >= 11 is 3.48. The highest BCUT2D eigenvalue weighted by molar-refractivity contribution is 9.10. The van der Waals surface area contributed by atoms with E-state index in [0.717, 1.165) is 43.0 Å². The lowest BCUT2D eigenvalue weighted by Crippen LogP contribution is -1.90. The van der Waals surface area contributed by atoms with Crippen molar-refractivity contribution in [3.8, 4) is 22.3 Å². The third kappa shape index (κ3) is 2.96. The van der Waals surface area contributed by atoms with E-state index in [4.69, 9.17) is 0 Å². The minimum atomic E-state index is -0.379. The Bertz CT molecular complexity index is 1380. The van der Waals surface area contributed by atoms with Gasteiger partial charge in [0.2, 0.25) is 0 Å². The summed E-state index contributed by atoms with van der Waals surface area (Å²) in [6.45, 7) is 0. The number of benzene rings is 2. The highest BCUT2D eigenvalue weighted by Gasteiger charge is 2.19. The summed E-state index contributed by atoms with van der Waals surface area (Å²) < 4.78 is 0.989. The van der Waals surface area contributed by atoms with Gasteiger partial charge in [-0.15, -0.1) is 0 Å². The second kappa shape index (κ2) is 6.79. The summed E-state index contributed by atoms with van der Waals surface area (Å²) in [5.41, 5.74) is 5.43. The number of pyridine rings is 2. The molecule has 5 aromatic rings. The molecule has 1 N–H and O–H groups in total. The number of hydrogen-bond acceptors (Lipinski definition) is 4. The lowest BCUT2D eigenvalue weighted by molar-refractivity contribution is -0.384. The molecular formula is C22H13BrN4O2. The fourth-order valence-corrected chi connectivity index (χ4v) is 3.89. The van der Waals surface area contributed by atoms with Crippen LogP contribution in [0, 0.1) is 10.1 Å². The van der Waals surface area contributed by atoms with Crippen molar-refractivity contribution < 1.29 is 4.92 Å². The van der Waals surface area contributed by atoms with Crippen LogP contribution in [0.4, 0.5) is 5.69 Å². The average Bonchev–Trinajstić information content (AvgIpc) is 3.12. The first kappa shape index (κ1) is 17.5. The largest absolute Gasteiger partial charge is 0.339 e. The predicted molar refractivity (Wildman–Crippen MR) is 117 cm³/mol. The third-order valence-electron chi connectivity index (χ3n) is 4.94. The van der Waals surface area contributed by atoms with Crippen LogP contribution in [0.15, 0.2) is 77.7 Å². The first-order valence-electron chi connectivity index (χ1n) is 8.87. The Morgan fingerprint density at radius 2 is 1.72 bits per heavy atom. The third-order valence-corrected chi connectivity index (χ3v) is 5.47. The maximum absolute atomic E-state index is 11.3. The van der Waals surface area contributed by atoms with Gasteiger partial charge in [0.05, 0.1) is 4.92 Å². The zero-order chi connectivity index (χ0) is 20.0. The Morgan fingerprint density at radius 3 is 2.45 bits per heavy atom. The highest BCUT2D eigenvalue weighted by Crippen LogP contribution is 2.41. The van der Waals surface area contributed by atoms with Crippen molar-refractivity contribution >= 4 is 43.6 Å². The molecule has 0 fully saturated rings. The molecule has 0 aliphatic heterocycles. The molecule has 3 aromatic heterocycles. The molecule has 29 heavy (non-hydrogen) atoms. The zero-order valence-corrected chi connectivity index (χ0v) is 16.6. The van der Waals surface area contributed by atoms with Gasteiger partial charge < -0.3 is 4.98 Å². The van der Waals surface area contributed by atoms with Gasteiger partial charge in [-0.3, -0.25) is 15.1 Å². The van der Waals surface area contributed by atoms with Gasteiger partial charge in [-0.1, -0.05) is 28.1 Å². The monoisotopic (exact) mass is 444 g/mol. The maximum atomic E-state index is 11.3. The van der Waals surface area contributed by atoms with Crippen molar-refractivity contribution in [2.75, 3.05) is 0 Å². The molecule has 0 saturated carbocycles. The Kier molecular flexibility index (Phi) is 4.10. The lowest BCUT2D eigenvalue weighted by Gasteiger charge is -2.12. The van der Waals surface area contributed by atoms with Gasteiger partial charge in [-0.2, -0.15) is 0 Å². The second-order valence-electron chi connectivity index (χ2n) is 6.63. The summed E-state index contributed by atoms with van der Waals surface area (Å²) in [5.74, 6) is 0. The summed E-state index contributed by atoms with van der Waals surface area (Å²) in [7, 11) is 0. The summed E-state index contributed by atoms with van der Waals surface area (Å²) in [4.78, 5) is 23.0. The first-order valence-corrected chi connectivity index (χ1v) is 9.66. The Morgan fingerprint density at radius 1 is 0.966 bits per heavy atom. The first-order chi connectivity index (χ1) is 14.1. The van der Waals surface area contributed by atoms with Crippen LogP contribution in [0.2, 0.25) is 0 Å². The van der Waals surface area contributed by atoms with Crippen LogP contribution in [0.1, 0.15) is 0 Å². The highest BCUT2D eigenvalue weighted by atomic mass is 79.9. The molecule has 5 rings (SSSR count). The molecule has 6 nitrogen and oxygen atoms in total. The van der Waals surface area contributed by atoms with Crippen LogP contribution in [0.3, 0.4) is 0 Å². The number of fused-ring (bicyclic) bond motifs is 3. The molecule has 140 valence electrons. The van der Waals surface area contributed by atoms with Gasteiger partial charge in [0.15, 0.2) is 0 Å². The van der Waals surface area contributed by atoms with Gasteiger partial charge in [-0.05, 0) is 41.5 Å². The van der Waals surface area contributed by atoms with Gasteiger partial charge in [-0.25, -0.2) is 4.98 Å². The van der Waals surface area contributed by atoms with Gasteiger partial charge in [0.25, 0.3) is 5.69 Å². The zero-order valence-electron chi connectivity index (χ0n) is 15.0. The molecular weight excluding hydrogens is 432 g/mol. The number of halogens is 1. The average molecular weight is 445 g/mol. The molecule has 0 bridgehead atoms. The molecule has 7 heteroatoms. The van der Waals surface area contributed by atoms with E-state index in [1.807, 2.05) is 42.6 Å². The fraction of sp³-hybridized carbons (Fsp3) is 0. The van der Waals surface area contributed by atoms with Crippen LogP contribution in [-0.4, -0.2) is 19.9 Å². The molecule has 0 aliphatic rings. The molecule has 0 atom stereocenters.